The molecular formula is C36H51N5O4S. The summed E-state index contributed by atoms with van der Waals surface area (Å²) in [6.07, 6.45) is 11.4. The Morgan fingerprint density at radius 3 is 2.43 bits per heavy atom. The van der Waals surface area contributed by atoms with E-state index >= 15 is 0 Å². The molecular weight excluding hydrogens is 598 g/mol. The predicted octanol–water partition coefficient (Wildman–Crippen LogP) is 5.32. The maximum absolute atomic E-state index is 14.4. The minimum absolute atomic E-state index is 0.00107. The number of carbonyl (C=O) groups is 3. The third-order valence-corrected chi connectivity index (χ3v) is 12.0. The molecule has 1 spiro atoms. The fourth-order valence-electron chi connectivity index (χ4n) is 8.44. The first-order chi connectivity index (χ1) is 22.4. The van der Waals surface area contributed by atoms with Crippen molar-refractivity contribution in [1.82, 2.24) is 25.3 Å². The maximum atomic E-state index is 14.4. The standard InChI is InChI=1S/C36H51N5O4S/c42-33(37-23-30-12-7-21-46-30)32-25-40(35(44)45)19-20-41(32)34(43)31(22-27-8-3-1-4-9-27)38-29-13-15-36(16-14-29)17-18-39(26-36)24-28-10-5-2-6-11-28/h2,5-7,10-12,21,27,29,31-32,38H,1,3-4,8-9,13-20,22-26H2,(H,37,42)(H,44,45)/t29?,31?,32-,36?/m0/s1. The SMILES string of the molecule is O=C(NCc1cccs1)[C@@H]1CN(C(=O)O)CCN1C(=O)C(CC1CCCCC1)NC1CCC2(CC1)CCN(Cc1ccccc1)C2. The van der Waals surface area contributed by atoms with Crippen molar-refractivity contribution in [3.05, 3.63) is 58.3 Å². The predicted molar refractivity (Wildman–Crippen MR) is 180 cm³/mol. The molecule has 2 saturated carbocycles. The summed E-state index contributed by atoms with van der Waals surface area (Å²) in [5, 5.41) is 18.5. The zero-order valence-electron chi connectivity index (χ0n) is 27.1. The summed E-state index contributed by atoms with van der Waals surface area (Å²) in [6, 6.07) is 13.7. The fraction of sp³-hybridized carbons (Fsp3) is 0.639. The summed E-state index contributed by atoms with van der Waals surface area (Å²) >= 11 is 1.56. The minimum Gasteiger partial charge on any atom is -0.465 e. The van der Waals surface area contributed by atoms with Crippen LogP contribution in [0.25, 0.3) is 0 Å². The van der Waals surface area contributed by atoms with Crippen LogP contribution in [0.2, 0.25) is 0 Å². The lowest BCUT2D eigenvalue weighted by atomic mass is 9.71. The molecule has 0 radical (unpaired) electrons. The van der Waals surface area contributed by atoms with Gasteiger partial charge in [-0.05, 0) is 73.4 Å². The number of benzene rings is 1. The molecule has 2 aliphatic carbocycles. The highest BCUT2D eigenvalue weighted by Crippen LogP contribution is 2.44. The minimum atomic E-state index is -1.05. The quantitative estimate of drug-likeness (QED) is 0.322. The van der Waals surface area contributed by atoms with Gasteiger partial charge < -0.3 is 25.5 Å². The summed E-state index contributed by atoms with van der Waals surface area (Å²) < 4.78 is 0. The number of carboxylic acid groups (broad SMARTS) is 1. The molecule has 2 aromatic rings. The summed E-state index contributed by atoms with van der Waals surface area (Å²) in [6.45, 7) is 4.13. The van der Waals surface area contributed by atoms with Crippen LogP contribution in [0.1, 0.15) is 81.1 Å². The summed E-state index contributed by atoms with van der Waals surface area (Å²) in [5.74, 6) is 0.171. The largest absolute Gasteiger partial charge is 0.465 e. The Hall–Kier alpha value is -2.95. The van der Waals surface area contributed by atoms with Crippen LogP contribution in [-0.2, 0) is 22.7 Å². The number of thiophene rings is 1. The number of carbonyl (C=O) groups excluding carboxylic acids is 2. The van der Waals surface area contributed by atoms with Gasteiger partial charge in [-0.2, -0.15) is 0 Å². The fourth-order valence-corrected chi connectivity index (χ4v) is 9.08. The average molecular weight is 650 g/mol. The van der Waals surface area contributed by atoms with E-state index in [0.717, 1.165) is 56.6 Å². The number of hydrogen-bond donors (Lipinski definition) is 3. The lowest BCUT2D eigenvalue weighted by molar-refractivity contribution is -0.145. The molecule has 2 aliphatic heterocycles. The topological polar surface area (TPSA) is 105 Å². The molecule has 2 atom stereocenters. The molecule has 250 valence electrons. The van der Waals surface area contributed by atoms with Gasteiger partial charge >= 0.3 is 6.09 Å². The highest BCUT2D eigenvalue weighted by Gasteiger charge is 2.43. The normalized spacial score (nSPS) is 26.7. The first-order valence-corrected chi connectivity index (χ1v) is 18.4. The zero-order valence-corrected chi connectivity index (χ0v) is 27.9. The van der Waals surface area contributed by atoms with Crippen molar-refractivity contribution in [2.24, 2.45) is 11.3 Å². The maximum Gasteiger partial charge on any atom is 0.407 e. The smallest absolute Gasteiger partial charge is 0.407 e. The zero-order chi connectivity index (χ0) is 31.9. The molecule has 10 heteroatoms. The average Bonchev–Trinajstić information content (AvgIpc) is 3.75. The molecule has 9 nitrogen and oxygen atoms in total. The second-order valence-corrected chi connectivity index (χ2v) is 15.3. The van der Waals surface area contributed by atoms with Gasteiger partial charge in [-0.3, -0.25) is 14.5 Å². The lowest BCUT2D eigenvalue weighted by Gasteiger charge is -2.43. The lowest BCUT2D eigenvalue weighted by Crippen LogP contribution is -2.64. The van der Waals surface area contributed by atoms with Crippen LogP contribution in [0, 0.1) is 11.3 Å². The molecule has 1 unspecified atom stereocenters. The van der Waals surface area contributed by atoms with Gasteiger partial charge in [0.25, 0.3) is 0 Å². The number of amides is 3. The van der Waals surface area contributed by atoms with E-state index in [1.807, 2.05) is 17.5 Å². The van der Waals surface area contributed by atoms with Crippen LogP contribution in [0.5, 0.6) is 0 Å². The third-order valence-electron chi connectivity index (χ3n) is 11.1. The van der Waals surface area contributed by atoms with E-state index in [0.29, 0.717) is 17.9 Å². The molecule has 0 bridgehead atoms. The van der Waals surface area contributed by atoms with Crippen LogP contribution >= 0.6 is 11.3 Å². The van der Waals surface area contributed by atoms with Crippen LogP contribution in [0.4, 0.5) is 4.79 Å². The van der Waals surface area contributed by atoms with Gasteiger partial charge in [0.1, 0.15) is 6.04 Å². The van der Waals surface area contributed by atoms with Gasteiger partial charge in [0.05, 0.1) is 19.1 Å². The van der Waals surface area contributed by atoms with Crippen molar-refractivity contribution >= 4 is 29.2 Å². The number of rotatable bonds is 10. The van der Waals surface area contributed by atoms with E-state index in [-0.39, 0.29) is 43.5 Å². The Morgan fingerprint density at radius 2 is 1.72 bits per heavy atom. The first kappa shape index (κ1) is 33.0. The summed E-state index contributed by atoms with van der Waals surface area (Å²) in [4.78, 5) is 46.5. The molecule has 1 aromatic carbocycles. The number of nitrogens with zero attached hydrogens (tertiary/aromatic N) is 3. The van der Waals surface area contributed by atoms with E-state index < -0.39 is 12.1 Å². The van der Waals surface area contributed by atoms with Crippen molar-refractivity contribution < 1.29 is 19.5 Å². The second-order valence-electron chi connectivity index (χ2n) is 14.3. The van der Waals surface area contributed by atoms with Gasteiger partial charge in [-0.1, -0.05) is 68.5 Å². The Balaban J connectivity index is 1.11. The van der Waals surface area contributed by atoms with Gasteiger partial charge in [-0.15, -0.1) is 11.3 Å². The van der Waals surface area contributed by atoms with E-state index in [9.17, 15) is 19.5 Å². The number of nitrogens with one attached hydrogen (secondary N) is 2. The van der Waals surface area contributed by atoms with E-state index in [1.165, 1.54) is 49.0 Å². The Morgan fingerprint density at radius 1 is 0.935 bits per heavy atom. The molecule has 1 aromatic heterocycles. The van der Waals surface area contributed by atoms with Crippen molar-refractivity contribution in [3.63, 3.8) is 0 Å². The molecule has 2 saturated heterocycles. The highest BCUT2D eigenvalue weighted by atomic mass is 32.1. The van der Waals surface area contributed by atoms with Crippen LogP contribution < -0.4 is 10.6 Å². The number of likely N-dealkylation sites (tertiary alicyclic amines) is 1. The molecule has 6 rings (SSSR count). The Bertz CT molecular complexity index is 1290. The Kier molecular flexibility index (Phi) is 11.0. The molecule has 4 fully saturated rings. The van der Waals surface area contributed by atoms with Crippen LogP contribution in [0.3, 0.4) is 0 Å². The van der Waals surface area contributed by atoms with Crippen LogP contribution in [0.15, 0.2) is 47.8 Å². The monoisotopic (exact) mass is 649 g/mol. The van der Waals surface area contributed by atoms with Gasteiger partial charge in [-0.25, -0.2) is 4.79 Å². The van der Waals surface area contributed by atoms with Crippen molar-refractivity contribution in [2.45, 2.75) is 102 Å². The molecule has 46 heavy (non-hydrogen) atoms. The molecule has 4 aliphatic rings. The van der Waals surface area contributed by atoms with Gasteiger partial charge in [0.15, 0.2) is 0 Å². The summed E-state index contributed by atoms with van der Waals surface area (Å²) in [5.41, 5.74) is 1.75. The number of hydrogen-bond acceptors (Lipinski definition) is 6. The van der Waals surface area contributed by atoms with Crippen molar-refractivity contribution in [2.75, 3.05) is 32.7 Å². The van der Waals surface area contributed by atoms with E-state index in [1.54, 1.807) is 16.2 Å². The van der Waals surface area contributed by atoms with E-state index in [2.05, 4.69) is 45.9 Å². The number of piperazine rings is 1. The second kappa shape index (κ2) is 15.3. The van der Waals surface area contributed by atoms with Gasteiger partial charge in [0, 0.05) is 37.1 Å². The van der Waals surface area contributed by atoms with Crippen molar-refractivity contribution in [3.8, 4) is 0 Å². The first-order valence-electron chi connectivity index (χ1n) is 17.5. The van der Waals surface area contributed by atoms with Crippen LogP contribution in [-0.4, -0.2) is 88.6 Å². The highest BCUT2D eigenvalue weighted by molar-refractivity contribution is 7.09. The third kappa shape index (κ3) is 8.30. The Labute approximate surface area is 277 Å². The summed E-state index contributed by atoms with van der Waals surface area (Å²) in [7, 11) is 0. The van der Waals surface area contributed by atoms with Crippen molar-refractivity contribution in [1.29, 1.82) is 0 Å². The van der Waals surface area contributed by atoms with Gasteiger partial charge in [0.2, 0.25) is 11.8 Å². The molecule has 3 N–H and O–H groups in total. The molecule has 3 amide bonds. The molecule has 3 heterocycles. The van der Waals surface area contributed by atoms with E-state index in [4.69, 9.17) is 0 Å².